The maximum absolute atomic E-state index is 11.5. The number of nitrogens with two attached hydrogens (primary N) is 1. The highest BCUT2D eigenvalue weighted by atomic mass is 16.4. The van der Waals surface area contributed by atoms with Crippen LogP contribution in [-0.2, 0) is 4.79 Å². The van der Waals surface area contributed by atoms with Gasteiger partial charge in [-0.25, -0.2) is 9.59 Å². The summed E-state index contributed by atoms with van der Waals surface area (Å²) in [5.74, 6) is -3.05. The zero-order chi connectivity index (χ0) is 24.7. The van der Waals surface area contributed by atoms with E-state index in [-0.39, 0.29) is 17.0 Å². The Morgan fingerprint density at radius 1 is 0.812 bits per heavy atom. The molecule has 1 aromatic carbocycles. The van der Waals surface area contributed by atoms with Crippen molar-refractivity contribution in [1.82, 2.24) is 0 Å². The third kappa shape index (κ3) is 11.0. The van der Waals surface area contributed by atoms with Crippen LogP contribution in [0.5, 0.6) is 0 Å². The molecule has 1 atom stereocenters. The molecule has 1 rings (SSSR count). The lowest BCUT2D eigenvalue weighted by molar-refractivity contribution is -0.139. The van der Waals surface area contributed by atoms with Crippen LogP contribution >= 0.6 is 0 Å². The Hall–Kier alpha value is -2.81. The molecule has 0 saturated heterocycles. The quantitative estimate of drug-likeness (QED) is 0.225. The van der Waals surface area contributed by atoms with Gasteiger partial charge in [0.15, 0.2) is 0 Å². The molecule has 9 nitrogen and oxygen atoms in total. The lowest BCUT2D eigenvalue weighted by Crippen LogP contribution is -2.34. The molecule has 1 aromatic rings. The number of aliphatic carboxylic acids is 1. The average molecular weight is 454 g/mol. The van der Waals surface area contributed by atoms with Crippen molar-refractivity contribution >= 4 is 29.3 Å². The molecule has 7 N–H and O–H groups in total. The first-order valence-electron chi connectivity index (χ1n) is 11.2. The summed E-state index contributed by atoms with van der Waals surface area (Å²) in [6.45, 7) is 8.97. The first kappa shape index (κ1) is 29.2. The fraction of sp³-hybridized carbons (Fsp3) is 0.609. The van der Waals surface area contributed by atoms with Gasteiger partial charge in [-0.1, -0.05) is 53.4 Å². The van der Waals surface area contributed by atoms with Crippen LogP contribution in [0.2, 0.25) is 0 Å². The topological polar surface area (TPSA) is 162 Å². The average Bonchev–Trinajstić information content (AvgIpc) is 2.73. The fourth-order valence-electron chi connectivity index (χ4n) is 2.73. The number of benzene rings is 1. The molecular weight excluding hydrogens is 414 g/mol. The standard InChI is InChI=1S/C18H28N2O4.C5H11NO2/c1-3-5-7-9-19-15-11-14(18(23)24)16(12-13(15)17(21)22)20-10-8-6-4-2;1-3(2)4(6)5(7)8/h11-12,19-20H,3-10H2,1-2H3,(H,21,22)(H,23,24);3-4H,6H2,1-2H3,(H,7,8)/t;4-/m.0/s1. The van der Waals surface area contributed by atoms with Gasteiger partial charge in [-0.3, -0.25) is 4.79 Å². The number of aromatic carboxylic acids is 2. The second kappa shape index (κ2) is 15.9. The van der Waals surface area contributed by atoms with Gasteiger partial charge >= 0.3 is 17.9 Å². The summed E-state index contributed by atoms with van der Waals surface area (Å²) < 4.78 is 0. The van der Waals surface area contributed by atoms with Gasteiger partial charge in [0, 0.05) is 24.5 Å². The van der Waals surface area contributed by atoms with Crippen LogP contribution < -0.4 is 16.4 Å². The Kier molecular flexibility index (Phi) is 14.5. The molecule has 9 heteroatoms. The summed E-state index contributed by atoms with van der Waals surface area (Å²) in [7, 11) is 0. The van der Waals surface area contributed by atoms with Crippen molar-refractivity contribution in [3.8, 4) is 0 Å². The van der Waals surface area contributed by atoms with Crippen molar-refractivity contribution in [2.75, 3.05) is 23.7 Å². The van der Waals surface area contributed by atoms with Crippen LogP contribution in [0, 0.1) is 5.92 Å². The Morgan fingerprint density at radius 2 is 1.19 bits per heavy atom. The fourth-order valence-corrected chi connectivity index (χ4v) is 2.73. The van der Waals surface area contributed by atoms with E-state index in [9.17, 15) is 24.6 Å². The maximum atomic E-state index is 11.5. The summed E-state index contributed by atoms with van der Waals surface area (Å²) in [4.78, 5) is 33.0. The van der Waals surface area contributed by atoms with E-state index in [4.69, 9.17) is 10.8 Å². The normalized spacial score (nSPS) is 11.3. The SMILES string of the molecule is CC(C)[C@H](N)C(=O)O.CCCCCNc1cc(C(=O)O)c(NCCCCC)cc1C(=O)O. The molecule has 0 aliphatic heterocycles. The molecule has 0 aliphatic carbocycles. The summed E-state index contributed by atoms with van der Waals surface area (Å²) in [6, 6.07) is 2.12. The maximum Gasteiger partial charge on any atom is 0.337 e. The van der Waals surface area contributed by atoms with E-state index in [0.717, 1.165) is 38.5 Å². The van der Waals surface area contributed by atoms with Gasteiger partial charge in [-0.05, 0) is 30.9 Å². The van der Waals surface area contributed by atoms with Crippen molar-refractivity contribution in [3.05, 3.63) is 23.3 Å². The molecular formula is C23H39N3O6. The van der Waals surface area contributed by atoms with Gasteiger partial charge in [0.1, 0.15) is 6.04 Å². The highest BCUT2D eigenvalue weighted by Gasteiger charge is 2.18. The first-order chi connectivity index (χ1) is 15.1. The number of carboxylic acids is 3. The largest absolute Gasteiger partial charge is 0.480 e. The smallest absolute Gasteiger partial charge is 0.337 e. The Morgan fingerprint density at radius 3 is 1.41 bits per heavy atom. The number of hydrogen-bond donors (Lipinski definition) is 6. The van der Waals surface area contributed by atoms with Crippen molar-refractivity contribution < 1.29 is 29.7 Å². The monoisotopic (exact) mass is 453 g/mol. The van der Waals surface area contributed by atoms with Gasteiger partial charge < -0.3 is 31.7 Å². The lowest BCUT2D eigenvalue weighted by atomic mass is 10.1. The second-order valence-electron chi connectivity index (χ2n) is 7.93. The predicted molar refractivity (Wildman–Crippen MR) is 127 cm³/mol. The molecule has 32 heavy (non-hydrogen) atoms. The lowest BCUT2D eigenvalue weighted by Gasteiger charge is -2.15. The second-order valence-corrected chi connectivity index (χ2v) is 7.93. The molecule has 0 amide bonds. The van der Waals surface area contributed by atoms with E-state index in [1.165, 1.54) is 12.1 Å². The van der Waals surface area contributed by atoms with Gasteiger partial charge in [-0.15, -0.1) is 0 Å². The van der Waals surface area contributed by atoms with Crippen LogP contribution in [0.15, 0.2) is 12.1 Å². The van der Waals surface area contributed by atoms with E-state index in [0.29, 0.717) is 24.5 Å². The van der Waals surface area contributed by atoms with Crippen molar-refractivity contribution in [3.63, 3.8) is 0 Å². The zero-order valence-corrected chi connectivity index (χ0v) is 19.6. The van der Waals surface area contributed by atoms with Crippen molar-refractivity contribution in [2.24, 2.45) is 11.7 Å². The van der Waals surface area contributed by atoms with Gasteiger partial charge in [-0.2, -0.15) is 0 Å². The number of hydrogen-bond acceptors (Lipinski definition) is 6. The van der Waals surface area contributed by atoms with E-state index < -0.39 is 23.9 Å². The molecule has 0 bridgehead atoms. The van der Waals surface area contributed by atoms with Gasteiger partial charge in [0.05, 0.1) is 11.1 Å². The van der Waals surface area contributed by atoms with Crippen molar-refractivity contribution in [1.29, 1.82) is 0 Å². The number of anilines is 2. The molecule has 0 saturated carbocycles. The molecule has 0 radical (unpaired) electrons. The number of carbonyl (C=O) groups is 3. The summed E-state index contributed by atoms with van der Waals surface area (Å²) in [5, 5.41) is 33.2. The predicted octanol–water partition coefficient (Wildman–Crippen LogP) is 4.34. The van der Waals surface area contributed by atoms with E-state index >= 15 is 0 Å². The molecule has 0 spiro atoms. The highest BCUT2D eigenvalue weighted by Crippen LogP contribution is 2.26. The van der Waals surface area contributed by atoms with E-state index in [2.05, 4.69) is 24.5 Å². The van der Waals surface area contributed by atoms with Gasteiger partial charge in [0.25, 0.3) is 0 Å². The number of nitrogens with one attached hydrogen (secondary N) is 2. The summed E-state index contributed by atoms with van der Waals surface area (Å²) >= 11 is 0. The van der Waals surface area contributed by atoms with E-state index in [1.54, 1.807) is 13.8 Å². The Labute approximate surface area is 190 Å². The first-order valence-corrected chi connectivity index (χ1v) is 11.2. The van der Waals surface area contributed by atoms with Crippen molar-refractivity contribution in [2.45, 2.75) is 72.3 Å². The number of rotatable bonds is 14. The molecule has 0 heterocycles. The van der Waals surface area contributed by atoms with Crippen LogP contribution in [-0.4, -0.2) is 52.4 Å². The third-order valence-electron chi connectivity index (χ3n) is 4.81. The Bertz CT molecular complexity index is 687. The minimum absolute atomic E-state index is 0.0208. The Balaban J connectivity index is 0.00000102. The summed E-state index contributed by atoms with van der Waals surface area (Å²) in [6.07, 6.45) is 6.03. The number of unbranched alkanes of at least 4 members (excludes halogenated alkanes) is 4. The van der Waals surface area contributed by atoms with Crippen LogP contribution in [0.1, 0.15) is 86.9 Å². The van der Waals surface area contributed by atoms with Crippen LogP contribution in [0.25, 0.3) is 0 Å². The van der Waals surface area contributed by atoms with Crippen LogP contribution in [0.3, 0.4) is 0 Å². The highest BCUT2D eigenvalue weighted by molar-refractivity contribution is 6.02. The molecule has 0 fully saturated rings. The third-order valence-corrected chi connectivity index (χ3v) is 4.81. The minimum Gasteiger partial charge on any atom is -0.480 e. The molecule has 0 aromatic heterocycles. The molecule has 182 valence electrons. The molecule has 0 aliphatic rings. The van der Waals surface area contributed by atoms with Crippen LogP contribution in [0.4, 0.5) is 11.4 Å². The molecule has 0 unspecified atom stereocenters. The summed E-state index contributed by atoms with van der Waals surface area (Å²) in [5.41, 5.74) is 6.06. The minimum atomic E-state index is -1.07. The van der Waals surface area contributed by atoms with E-state index in [1.807, 2.05) is 0 Å². The zero-order valence-electron chi connectivity index (χ0n) is 19.6. The van der Waals surface area contributed by atoms with Gasteiger partial charge in [0.2, 0.25) is 0 Å². The number of carboxylic acid groups (broad SMARTS) is 3.